The van der Waals surface area contributed by atoms with E-state index in [1.165, 1.54) is 18.6 Å². The van der Waals surface area contributed by atoms with Crippen molar-refractivity contribution in [3.05, 3.63) is 24.3 Å². The maximum Gasteiger partial charge on any atom is 0.289 e. The van der Waals surface area contributed by atoms with E-state index in [9.17, 15) is 28.8 Å². The zero-order valence-electron chi connectivity index (χ0n) is 29.3. The Hall–Kier alpha value is -3.90. The molecular formula is C36H53N7O6. The van der Waals surface area contributed by atoms with E-state index in [-0.39, 0.29) is 35.4 Å². The van der Waals surface area contributed by atoms with Crippen molar-refractivity contribution in [2.24, 2.45) is 23.2 Å². The van der Waals surface area contributed by atoms with Crippen LogP contribution < -0.4 is 21.3 Å². The predicted molar refractivity (Wildman–Crippen MR) is 181 cm³/mol. The second-order valence-corrected chi connectivity index (χ2v) is 15.5. The Bertz CT molecular complexity index is 1390. The Morgan fingerprint density at radius 1 is 0.898 bits per heavy atom. The maximum atomic E-state index is 14.6. The zero-order valence-corrected chi connectivity index (χ0v) is 29.3. The predicted octanol–water partition coefficient (Wildman–Crippen LogP) is 2.45. The van der Waals surface area contributed by atoms with Gasteiger partial charge in [0.25, 0.3) is 11.8 Å². The lowest BCUT2D eigenvalue weighted by molar-refractivity contribution is -0.146. The molecular weight excluding hydrogens is 626 g/mol. The molecule has 1 saturated heterocycles. The largest absolute Gasteiger partial charge is 0.347 e. The molecule has 5 amide bonds. The fraction of sp³-hybridized carbons (Fsp3) is 0.722. The minimum atomic E-state index is -0.994. The monoisotopic (exact) mass is 679 g/mol. The van der Waals surface area contributed by atoms with Gasteiger partial charge in [-0.05, 0) is 68.1 Å². The van der Waals surface area contributed by atoms with Crippen LogP contribution in [0.15, 0.2) is 18.6 Å². The molecule has 13 nitrogen and oxygen atoms in total. The number of hydrogen-bond donors (Lipinski definition) is 4. The summed E-state index contributed by atoms with van der Waals surface area (Å²) in [5.41, 5.74) is -0.638. The van der Waals surface area contributed by atoms with Crippen LogP contribution >= 0.6 is 0 Å². The van der Waals surface area contributed by atoms with Gasteiger partial charge in [-0.2, -0.15) is 0 Å². The zero-order chi connectivity index (χ0) is 35.3. The van der Waals surface area contributed by atoms with Crippen LogP contribution in [0.25, 0.3) is 0 Å². The Kier molecular flexibility index (Phi) is 11.7. The van der Waals surface area contributed by atoms with E-state index in [4.69, 9.17) is 0 Å². The van der Waals surface area contributed by atoms with Gasteiger partial charge >= 0.3 is 0 Å². The Balaban J connectivity index is 1.36. The summed E-state index contributed by atoms with van der Waals surface area (Å²) in [7, 11) is 0. The van der Waals surface area contributed by atoms with E-state index in [1.807, 2.05) is 27.7 Å². The van der Waals surface area contributed by atoms with Crippen molar-refractivity contribution >= 4 is 35.3 Å². The summed E-state index contributed by atoms with van der Waals surface area (Å²) in [4.78, 5) is 91.4. The molecule has 3 aliphatic carbocycles. The third-order valence-electron chi connectivity index (χ3n) is 10.7. The summed E-state index contributed by atoms with van der Waals surface area (Å²) in [5, 5.41) is 11.5. The summed E-state index contributed by atoms with van der Waals surface area (Å²) >= 11 is 0. The Morgan fingerprint density at radius 3 is 2.27 bits per heavy atom. The van der Waals surface area contributed by atoms with Crippen molar-refractivity contribution in [2.75, 3.05) is 6.54 Å². The molecule has 1 aromatic rings. The van der Waals surface area contributed by atoms with Gasteiger partial charge in [0.2, 0.25) is 23.5 Å². The van der Waals surface area contributed by atoms with Gasteiger partial charge < -0.3 is 26.2 Å². The summed E-state index contributed by atoms with van der Waals surface area (Å²) in [6, 6.07) is -3.68. The molecule has 3 saturated carbocycles. The number of likely N-dealkylation sites (tertiary alicyclic amines) is 1. The van der Waals surface area contributed by atoms with Crippen molar-refractivity contribution in [3.8, 4) is 0 Å². The topological polar surface area (TPSA) is 180 Å². The first-order chi connectivity index (χ1) is 23.4. The molecule has 1 unspecified atom stereocenters. The first-order valence-electron chi connectivity index (χ1n) is 18.2. The number of ketones is 1. The maximum absolute atomic E-state index is 14.6. The molecule has 4 N–H and O–H groups in total. The summed E-state index contributed by atoms with van der Waals surface area (Å²) in [6.07, 6.45) is 13.9. The number of hydrogen-bond acceptors (Lipinski definition) is 8. The number of amides is 5. The highest BCUT2D eigenvalue weighted by Gasteiger charge is 2.52. The molecule has 13 heteroatoms. The number of nitrogens with one attached hydrogen (secondary N) is 4. The molecule has 0 spiro atoms. The quantitative estimate of drug-likeness (QED) is 0.230. The number of rotatable bonds is 13. The normalized spacial score (nSPS) is 24.2. The fourth-order valence-electron chi connectivity index (χ4n) is 7.87. The lowest BCUT2D eigenvalue weighted by atomic mass is 9.82. The van der Waals surface area contributed by atoms with Crippen LogP contribution in [0.3, 0.4) is 0 Å². The molecule has 0 bridgehead atoms. The van der Waals surface area contributed by atoms with E-state index in [1.54, 1.807) is 4.90 Å². The number of nitrogens with zero attached hydrogens (tertiary/aromatic N) is 3. The van der Waals surface area contributed by atoms with Crippen molar-refractivity contribution in [3.63, 3.8) is 0 Å². The van der Waals surface area contributed by atoms with E-state index >= 15 is 0 Å². The molecule has 4 aliphatic rings. The lowest BCUT2D eigenvalue weighted by Crippen LogP contribution is -2.62. The van der Waals surface area contributed by atoms with Crippen LogP contribution in [-0.2, 0) is 24.0 Å². The van der Waals surface area contributed by atoms with Crippen molar-refractivity contribution in [2.45, 2.75) is 135 Å². The number of carbonyl (C=O) groups is 6. The SMILES string of the molecule is CCCC(NC(=O)[C@H]1[C@H]2CCC[C@H]2CN1C(=O)[C@@H](NC(=O)[C@@H](NC(=O)c1cnccn1)C1CCCCC1)C(C)(C)C)C(=O)C(=O)NC1CC1. The fourth-order valence-corrected chi connectivity index (χ4v) is 7.87. The standard InChI is InChI=1S/C36H53N7O6/c1-5-10-25(29(44)34(48)39-23-15-16-23)40-33(47)28-24-14-9-13-22(24)20-43(28)35(49)30(36(2,3)4)42-32(46)27(21-11-7-6-8-12-21)41-31(45)26-19-37-17-18-38-26/h17-19,21-25,27-28,30H,5-16,20H2,1-4H3,(H,39,48)(H,40,47)(H,41,45)(H,42,46)/t22-,24-,25?,27-,28+,30+/m0/s1. The van der Waals surface area contributed by atoms with Crippen LogP contribution in [-0.4, -0.2) is 86.9 Å². The molecule has 0 radical (unpaired) electrons. The van der Waals surface area contributed by atoms with Crippen LogP contribution in [0.4, 0.5) is 0 Å². The number of fused-ring (bicyclic) bond motifs is 1. The van der Waals surface area contributed by atoms with Gasteiger partial charge in [0.15, 0.2) is 0 Å². The highest BCUT2D eigenvalue weighted by molar-refractivity contribution is 6.38. The van der Waals surface area contributed by atoms with Gasteiger partial charge in [0.1, 0.15) is 23.8 Å². The molecule has 49 heavy (non-hydrogen) atoms. The molecule has 5 rings (SSSR count). The van der Waals surface area contributed by atoms with Gasteiger partial charge in [0.05, 0.1) is 12.2 Å². The van der Waals surface area contributed by atoms with Crippen molar-refractivity contribution < 1.29 is 28.8 Å². The minimum absolute atomic E-state index is 0.0132. The van der Waals surface area contributed by atoms with Gasteiger partial charge in [-0.25, -0.2) is 4.98 Å². The molecule has 268 valence electrons. The average molecular weight is 680 g/mol. The van der Waals surface area contributed by atoms with Crippen LogP contribution in [0, 0.1) is 23.2 Å². The van der Waals surface area contributed by atoms with E-state index in [0.717, 1.165) is 64.2 Å². The first-order valence-corrected chi connectivity index (χ1v) is 18.2. The molecule has 1 aromatic heterocycles. The smallest absolute Gasteiger partial charge is 0.289 e. The summed E-state index contributed by atoms with van der Waals surface area (Å²) in [6.45, 7) is 7.85. The van der Waals surface area contributed by atoms with Gasteiger partial charge in [0, 0.05) is 25.0 Å². The van der Waals surface area contributed by atoms with Crippen LogP contribution in [0.5, 0.6) is 0 Å². The second kappa shape index (κ2) is 15.8. The van der Waals surface area contributed by atoms with Gasteiger partial charge in [-0.3, -0.25) is 33.8 Å². The van der Waals surface area contributed by atoms with E-state index in [2.05, 4.69) is 31.2 Å². The van der Waals surface area contributed by atoms with Crippen molar-refractivity contribution in [1.82, 2.24) is 36.1 Å². The number of carbonyl (C=O) groups excluding carboxylic acids is 6. The molecule has 4 fully saturated rings. The van der Waals surface area contributed by atoms with E-state index in [0.29, 0.717) is 19.4 Å². The highest BCUT2D eigenvalue weighted by Crippen LogP contribution is 2.43. The third kappa shape index (κ3) is 8.83. The summed E-state index contributed by atoms with van der Waals surface area (Å²) < 4.78 is 0. The lowest BCUT2D eigenvalue weighted by Gasteiger charge is -2.38. The molecule has 1 aliphatic heterocycles. The van der Waals surface area contributed by atoms with Gasteiger partial charge in [-0.15, -0.1) is 0 Å². The van der Waals surface area contributed by atoms with E-state index < -0.39 is 59.0 Å². The van der Waals surface area contributed by atoms with Crippen molar-refractivity contribution in [1.29, 1.82) is 0 Å². The minimum Gasteiger partial charge on any atom is -0.347 e. The van der Waals surface area contributed by atoms with Gasteiger partial charge in [-0.1, -0.05) is 59.8 Å². The summed E-state index contributed by atoms with van der Waals surface area (Å²) in [5.74, 6) is -3.20. The Morgan fingerprint density at radius 2 is 1.63 bits per heavy atom. The second-order valence-electron chi connectivity index (χ2n) is 15.5. The molecule has 2 heterocycles. The highest BCUT2D eigenvalue weighted by atomic mass is 16.2. The van der Waals surface area contributed by atoms with Crippen LogP contribution in [0.2, 0.25) is 0 Å². The number of aromatic nitrogens is 2. The first kappa shape index (κ1) is 36.4. The molecule has 6 atom stereocenters. The number of Topliss-reactive ketones (excluding diaryl/α,β-unsaturated/α-hetero) is 1. The van der Waals surface area contributed by atoms with Crippen LogP contribution in [0.1, 0.15) is 115 Å². The Labute approximate surface area is 288 Å². The molecule has 0 aromatic carbocycles. The average Bonchev–Trinajstić information content (AvgIpc) is 3.65. The third-order valence-corrected chi connectivity index (χ3v) is 10.7.